The highest BCUT2D eigenvalue weighted by atomic mass is 16.1. The molecular weight excluding hydrogens is 200 g/mol. The number of pyridine rings is 1. The Balaban J connectivity index is 3.39. The van der Waals surface area contributed by atoms with Crippen molar-refractivity contribution in [3.8, 4) is 0 Å². The second-order valence-corrected chi connectivity index (χ2v) is 5.77. The lowest BCUT2D eigenvalue weighted by molar-refractivity contribution is 0.448. The van der Waals surface area contributed by atoms with Crippen LogP contribution in [0.15, 0.2) is 16.9 Å². The highest BCUT2D eigenvalue weighted by Gasteiger charge is 2.19. The van der Waals surface area contributed by atoms with E-state index in [1.54, 1.807) is 0 Å². The van der Waals surface area contributed by atoms with Crippen LogP contribution in [0.4, 0.5) is 5.69 Å². The summed E-state index contributed by atoms with van der Waals surface area (Å²) in [5, 5.41) is 0. The lowest BCUT2D eigenvalue weighted by Gasteiger charge is -2.25. The summed E-state index contributed by atoms with van der Waals surface area (Å²) in [7, 11) is 0. The Morgan fingerprint density at radius 2 is 1.88 bits per heavy atom. The van der Waals surface area contributed by atoms with Gasteiger partial charge in [-0.15, -0.1) is 0 Å². The lowest BCUT2D eigenvalue weighted by atomic mass is 9.90. The maximum atomic E-state index is 11.9. The van der Waals surface area contributed by atoms with E-state index in [2.05, 4.69) is 34.6 Å². The van der Waals surface area contributed by atoms with Gasteiger partial charge in [-0.3, -0.25) is 4.79 Å². The second-order valence-electron chi connectivity index (χ2n) is 5.77. The van der Waals surface area contributed by atoms with Crippen LogP contribution in [0.2, 0.25) is 0 Å². The molecule has 1 aromatic rings. The Bertz CT molecular complexity index is 425. The standard InChI is InChI=1S/C13H22N2O/c1-9(2)8-15-11(13(3,4)5)6-10(14)7-12(15)16/h6-7,9H,8,14H2,1-5H3. The highest BCUT2D eigenvalue weighted by Crippen LogP contribution is 2.23. The molecule has 1 heterocycles. The Morgan fingerprint density at radius 1 is 1.31 bits per heavy atom. The number of nitrogen functional groups attached to an aromatic ring is 1. The molecule has 1 aromatic heterocycles. The van der Waals surface area contributed by atoms with Gasteiger partial charge in [-0.2, -0.15) is 0 Å². The van der Waals surface area contributed by atoms with Gasteiger partial charge in [0.1, 0.15) is 0 Å². The number of nitrogens with zero attached hydrogens (tertiary/aromatic N) is 1. The minimum atomic E-state index is -0.0660. The molecule has 3 heteroatoms. The quantitative estimate of drug-likeness (QED) is 0.835. The van der Waals surface area contributed by atoms with Crippen molar-refractivity contribution >= 4 is 5.69 Å². The molecule has 0 bridgehead atoms. The molecule has 0 aromatic carbocycles. The summed E-state index contributed by atoms with van der Waals surface area (Å²) >= 11 is 0. The molecule has 0 atom stereocenters. The molecule has 0 saturated carbocycles. The van der Waals surface area contributed by atoms with Gasteiger partial charge in [0, 0.05) is 29.4 Å². The van der Waals surface area contributed by atoms with Crippen LogP contribution >= 0.6 is 0 Å². The zero-order valence-electron chi connectivity index (χ0n) is 10.9. The summed E-state index contributed by atoms with van der Waals surface area (Å²) < 4.78 is 1.83. The molecule has 0 radical (unpaired) electrons. The summed E-state index contributed by atoms with van der Waals surface area (Å²) in [4.78, 5) is 11.9. The summed E-state index contributed by atoms with van der Waals surface area (Å²) in [6.45, 7) is 11.2. The van der Waals surface area contributed by atoms with Crippen LogP contribution in [0.5, 0.6) is 0 Å². The van der Waals surface area contributed by atoms with E-state index in [1.165, 1.54) is 6.07 Å². The Kier molecular flexibility index (Phi) is 3.46. The first-order chi connectivity index (χ1) is 7.21. The Hall–Kier alpha value is -1.25. The number of aromatic nitrogens is 1. The largest absolute Gasteiger partial charge is 0.399 e. The fraction of sp³-hybridized carbons (Fsp3) is 0.615. The molecule has 0 aliphatic rings. The molecule has 0 unspecified atom stereocenters. The van der Waals surface area contributed by atoms with Gasteiger partial charge >= 0.3 is 0 Å². The molecule has 1 rings (SSSR count). The van der Waals surface area contributed by atoms with E-state index in [4.69, 9.17) is 5.73 Å². The first-order valence-corrected chi connectivity index (χ1v) is 5.72. The van der Waals surface area contributed by atoms with Crippen molar-refractivity contribution in [3.63, 3.8) is 0 Å². The third-order valence-corrected chi connectivity index (χ3v) is 2.47. The normalized spacial score (nSPS) is 12.1. The fourth-order valence-corrected chi connectivity index (χ4v) is 1.79. The summed E-state index contributed by atoms with van der Waals surface area (Å²) in [5.41, 5.74) is 7.23. The van der Waals surface area contributed by atoms with Gasteiger partial charge in [0.05, 0.1) is 0 Å². The van der Waals surface area contributed by atoms with Gasteiger partial charge in [-0.05, 0) is 12.0 Å². The van der Waals surface area contributed by atoms with Crippen molar-refractivity contribution in [1.82, 2.24) is 4.57 Å². The first kappa shape index (κ1) is 12.8. The van der Waals surface area contributed by atoms with Crippen LogP contribution < -0.4 is 11.3 Å². The minimum absolute atomic E-state index is 0.00127. The molecule has 16 heavy (non-hydrogen) atoms. The van der Waals surface area contributed by atoms with Gasteiger partial charge in [0.25, 0.3) is 5.56 Å². The average Bonchev–Trinajstić information content (AvgIpc) is 2.06. The predicted molar refractivity (Wildman–Crippen MR) is 68.7 cm³/mol. The van der Waals surface area contributed by atoms with E-state index >= 15 is 0 Å². The zero-order chi connectivity index (χ0) is 12.5. The third-order valence-electron chi connectivity index (χ3n) is 2.47. The van der Waals surface area contributed by atoms with Crippen LogP contribution in [-0.4, -0.2) is 4.57 Å². The fourth-order valence-electron chi connectivity index (χ4n) is 1.79. The van der Waals surface area contributed by atoms with E-state index in [9.17, 15) is 4.79 Å². The Morgan fingerprint density at radius 3 is 2.31 bits per heavy atom. The lowest BCUT2D eigenvalue weighted by Crippen LogP contribution is -2.31. The molecule has 2 N–H and O–H groups in total. The monoisotopic (exact) mass is 222 g/mol. The van der Waals surface area contributed by atoms with Gasteiger partial charge in [-0.1, -0.05) is 34.6 Å². The van der Waals surface area contributed by atoms with E-state index in [0.29, 0.717) is 11.6 Å². The Labute approximate surface area is 97.3 Å². The molecule has 0 amide bonds. The van der Waals surface area contributed by atoms with Crippen LogP contribution in [-0.2, 0) is 12.0 Å². The van der Waals surface area contributed by atoms with Gasteiger partial charge in [-0.25, -0.2) is 0 Å². The molecule has 0 fully saturated rings. The summed E-state index contributed by atoms with van der Waals surface area (Å²) in [6, 6.07) is 3.40. The highest BCUT2D eigenvalue weighted by molar-refractivity contribution is 5.39. The van der Waals surface area contributed by atoms with Crippen LogP contribution in [0.25, 0.3) is 0 Å². The minimum Gasteiger partial charge on any atom is -0.399 e. The maximum Gasteiger partial charge on any atom is 0.252 e. The molecule has 0 aliphatic carbocycles. The van der Waals surface area contributed by atoms with E-state index in [0.717, 1.165) is 12.2 Å². The summed E-state index contributed by atoms with van der Waals surface area (Å²) in [6.07, 6.45) is 0. The number of hydrogen-bond acceptors (Lipinski definition) is 2. The topological polar surface area (TPSA) is 48.0 Å². The number of hydrogen-bond donors (Lipinski definition) is 1. The number of anilines is 1. The van der Waals surface area contributed by atoms with Gasteiger partial charge < -0.3 is 10.3 Å². The molecular formula is C13H22N2O. The third kappa shape index (κ3) is 2.87. The van der Waals surface area contributed by atoms with Gasteiger partial charge in [0.2, 0.25) is 0 Å². The molecule has 0 aliphatic heterocycles. The SMILES string of the molecule is CC(C)Cn1c(C(C)(C)C)cc(N)cc1=O. The predicted octanol–water partition coefficient (Wildman–Crippen LogP) is 2.38. The van der Waals surface area contributed by atoms with Crippen molar-refractivity contribution in [1.29, 1.82) is 0 Å². The first-order valence-electron chi connectivity index (χ1n) is 5.72. The molecule has 90 valence electrons. The number of rotatable bonds is 2. The zero-order valence-corrected chi connectivity index (χ0v) is 10.9. The average molecular weight is 222 g/mol. The maximum absolute atomic E-state index is 11.9. The van der Waals surface area contributed by atoms with Crippen molar-refractivity contribution in [3.05, 3.63) is 28.2 Å². The smallest absolute Gasteiger partial charge is 0.252 e. The van der Waals surface area contributed by atoms with E-state index in [-0.39, 0.29) is 11.0 Å². The van der Waals surface area contributed by atoms with Crippen molar-refractivity contribution in [2.24, 2.45) is 5.92 Å². The van der Waals surface area contributed by atoms with Crippen molar-refractivity contribution in [2.45, 2.75) is 46.6 Å². The number of nitrogens with two attached hydrogens (primary N) is 1. The van der Waals surface area contributed by atoms with Crippen LogP contribution in [0.3, 0.4) is 0 Å². The van der Waals surface area contributed by atoms with Crippen LogP contribution in [0, 0.1) is 5.92 Å². The molecule has 0 spiro atoms. The van der Waals surface area contributed by atoms with E-state index in [1.807, 2.05) is 10.6 Å². The molecule has 0 saturated heterocycles. The van der Waals surface area contributed by atoms with Crippen molar-refractivity contribution in [2.75, 3.05) is 5.73 Å². The van der Waals surface area contributed by atoms with Crippen LogP contribution in [0.1, 0.15) is 40.3 Å². The second kappa shape index (κ2) is 4.32. The van der Waals surface area contributed by atoms with Gasteiger partial charge in [0.15, 0.2) is 0 Å². The van der Waals surface area contributed by atoms with E-state index < -0.39 is 0 Å². The summed E-state index contributed by atoms with van der Waals surface area (Å²) in [5.74, 6) is 0.447. The van der Waals surface area contributed by atoms with Crippen molar-refractivity contribution < 1.29 is 0 Å². The molecule has 3 nitrogen and oxygen atoms in total.